The summed E-state index contributed by atoms with van der Waals surface area (Å²) in [7, 11) is -3.82. The zero-order valence-electron chi connectivity index (χ0n) is 11.6. The van der Waals surface area contributed by atoms with Crippen molar-refractivity contribution in [2.45, 2.75) is 4.90 Å². The van der Waals surface area contributed by atoms with Crippen molar-refractivity contribution < 1.29 is 17.9 Å². The van der Waals surface area contributed by atoms with Crippen molar-refractivity contribution in [3.05, 3.63) is 23.9 Å². The first-order valence-electron chi connectivity index (χ1n) is 6.63. The second-order valence-corrected chi connectivity index (χ2v) is 7.90. The monoisotopic (exact) mass is 383 g/mol. The first kappa shape index (κ1) is 15.6. The molecule has 1 aliphatic rings. The summed E-state index contributed by atoms with van der Waals surface area (Å²) in [5, 5.41) is 0.471. The van der Waals surface area contributed by atoms with Crippen LogP contribution in [0.3, 0.4) is 0 Å². The Morgan fingerprint density at radius 1 is 1.32 bits per heavy atom. The molecule has 0 aliphatic carbocycles. The topological polar surface area (TPSA) is 105 Å². The van der Waals surface area contributed by atoms with Crippen LogP contribution in [0.1, 0.15) is 10.5 Å². The first-order valence-corrected chi connectivity index (χ1v) is 9.01. The maximum absolute atomic E-state index is 12.9. The number of carbonyl (C=O) groups excluding carboxylic acids is 1. The van der Waals surface area contributed by atoms with Gasteiger partial charge in [-0.25, -0.2) is 0 Å². The zero-order chi connectivity index (χ0) is 15.9. The number of nitrogens with one attached hydrogen (secondary N) is 1. The predicted molar refractivity (Wildman–Crippen MR) is 81.8 cm³/mol. The number of primary amides is 1. The third kappa shape index (κ3) is 2.56. The Morgan fingerprint density at radius 2 is 2.00 bits per heavy atom. The van der Waals surface area contributed by atoms with E-state index in [1.165, 1.54) is 4.31 Å². The second kappa shape index (κ2) is 5.70. The van der Waals surface area contributed by atoms with E-state index in [4.69, 9.17) is 10.5 Å². The van der Waals surface area contributed by atoms with E-state index in [9.17, 15) is 13.2 Å². The molecule has 116 valence electrons. The number of ether oxygens (including phenoxy) is 1. The number of aromatic nitrogens is 1. The molecule has 22 heavy (non-hydrogen) atoms. The molecule has 1 amide bonds. The molecule has 1 aliphatic heterocycles. The Hall–Kier alpha value is -1.34. The van der Waals surface area contributed by atoms with Crippen LogP contribution in [-0.4, -0.2) is 66.8 Å². The Kier molecular flexibility index (Phi) is 4.03. The van der Waals surface area contributed by atoms with Gasteiger partial charge < -0.3 is 0 Å². The van der Waals surface area contributed by atoms with Crippen LogP contribution in [0.15, 0.2) is 23.1 Å². The van der Waals surface area contributed by atoms with E-state index in [0.717, 1.165) is 4.35 Å². The van der Waals surface area contributed by atoms with E-state index >= 15 is 0 Å². The van der Waals surface area contributed by atoms with Gasteiger partial charge in [0, 0.05) is 0 Å². The van der Waals surface area contributed by atoms with E-state index in [-0.39, 0.29) is 23.7 Å². The molecule has 7 nitrogen and oxygen atoms in total. The molecule has 1 saturated heterocycles. The van der Waals surface area contributed by atoms with Gasteiger partial charge in [0.15, 0.2) is 0 Å². The SMILES string of the molecule is NC(=O)c1[nH]c2ccc([As])cc2c1S(=O)(=O)N1CCOCC1. The third-order valence-corrected chi connectivity index (χ3v) is 6.12. The number of H-pyrrole nitrogens is 1. The van der Waals surface area contributed by atoms with Gasteiger partial charge in [0.25, 0.3) is 0 Å². The predicted octanol–water partition coefficient (Wildman–Crippen LogP) is -0.919. The number of hydrogen-bond acceptors (Lipinski definition) is 4. The molecular formula is C13H14AsN3O4S. The van der Waals surface area contributed by atoms with Gasteiger partial charge in [-0.05, 0) is 0 Å². The summed E-state index contributed by atoms with van der Waals surface area (Å²) in [5.74, 6) is -0.796. The number of aromatic amines is 1. The van der Waals surface area contributed by atoms with Gasteiger partial charge in [-0.15, -0.1) is 0 Å². The van der Waals surface area contributed by atoms with E-state index in [2.05, 4.69) is 21.8 Å². The summed E-state index contributed by atoms with van der Waals surface area (Å²) in [5.41, 5.74) is 5.84. The van der Waals surface area contributed by atoms with E-state index in [1.807, 2.05) is 6.07 Å². The van der Waals surface area contributed by atoms with Crippen LogP contribution in [0.4, 0.5) is 0 Å². The molecule has 9 heteroatoms. The number of carbonyl (C=O) groups is 1. The molecule has 2 aromatic rings. The standard InChI is InChI=1S/C13H14AsN3O4S/c14-8-1-2-10-9(7-8)12(11(16-10)13(15)18)22(19,20)17-3-5-21-6-4-17/h1-2,7,16H,3-6H2,(H2,15,18). The van der Waals surface area contributed by atoms with Crippen LogP contribution >= 0.6 is 0 Å². The Bertz CT molecular complexity index is 840. The van der Waals surface area contributed by atoms with Crippen molar-refractivity contribution >= 4 is 48.0 Å². The van der Waals surface area contributed by atoms with Gasteiger partial charge in [0.2, 0.25) is 0 Å². The molecule has 1 fully saturated rings. The summed E-state index contributed by atoms with van der Waals surface area (Å²) in [6.45, 7) is 1.19. The molecule has 2 heterocycles. The number of nitrogens with two attached hydrogens (primary N) is 1. The minimum absolute atomic E-state index is 0.0511. The fraction of sp³-hybridized carbons (Fsp3) is 0.308. The van der Waals surface area contributed by atoms with Crippen LogP contribution in [-0.2, 0) is 14.8 Å². The molecule has 2 radical (unpaired) electrons. The molecule has 1 aromatic carbocycles. The van der Waals surface area contributed by atoms with Gasteiger partial charge in [0.05, 0.1) is 0 Å². The number of morpholine rings is 1. The van der Waals surface area contributed by atoms with Gasteiger partial charge in [-0.3, -0.25) is 0 Å². The van der Waals surface area contributed by atoms with Crippen molar-refractivity contribution in [2.24, 2.45) is 5.73 Å². The van der Waals surface area contributed by atoms with Gasteiger partial charge in [-0.1, -0.05) is 0 Å². The summed E-state index contributed by atoms with van der Waals surface area (Å²) in [6.07, 6.45) is 0. The molecular weight excluding hydrogens is 369 g/mol. The molecule has 3 rings (SSSR count). The number of amides is 1. The molecule has 0 bridgehead atoms. The number of rotatable bonds is 3. The fourth-order valence-corrected chi connectivity index (χ4v) is 4.68. The number of benzene rings is 1. The zero-order valence-corrected chi connectivity index (χ0v) is 14.3. The Labute approximate surface area is 136 Å². The Balaban J connectivity index is 2.25. The van der Waals surface area contributed by atoms with Crippen molar-refractivity contribution in [2.75, 3.05) is 26.3 Å². The molecule has 0 atom stereocenters. The van der Waals surface area contributed by atoms with Gasteiger partial charge in [-0.2, -0.15) is 0 Å². The Morgan fingerprint density at radius 3 is 2.64 bits per heavy atom. The second-order valence-electron chi connectivity index (χ2n) is 4.94. The van der Waals surface area contributed by atoms with Crippen LogP contribution in [0.2, 0.25) is 0 Å². The minimum atomic E-state index is -3.82. The van der Waals surface area contributed by atoms with Gasteiger partial charge >= 0.3 is 136 Å². The normalized spacial score (nSPS) is 17.0. The summed E-state index contributed by atoms with van der Waals surface area (Å²) >= 11 is 2.35. The molecule has 0 saturated carbocycles. The van der Waals surface area contributed by atoms with Crippen LogP contribution < -0.4 is 10.1 Å². The first-order chi connectivity index (χ1) is 10.4. The quantitative estimate of drug-likeness (QED) is 0.669. The number of hydrogen-bond donors (Lipinski definition) is 2. The molecule has 1 aromatic heterocycles. The summed E-state index contributed by atoms with van der Waals surface area (Å²) in [4.78, 5) is 14.5. The molecule has 3 N–H and O–H groups in total. The number of fused-ring (bicyclic) bond motifs is 1. The van der Waals surface area contributed by atoms with E-state index in [1.54, 1.807) is 12.1 Å². The van der Waals surface area contributed by atoms with E-state index < -0.39 is 15.9 Å². The van der Waals surface area contributed by atoms with Crippen molar-refractivity contribution in [1.82, 2.24) is 9.29 Å². The third-order valence-electron chi connectivity index (χ3n) is 3.55. The number of sulfonamides is 1. The van der Waals surface area contributed by atoms with Crippen molar-refractivity contribution in [1.29, 1.82) is 0 Å². The summed E-state index contributed by atoms with van der Waals surface area (Å²) in [6, 6.07) is 5.26. The van der Waals surface area contributed by atoms with Crippen molar-refractivity contribution in [3.63, 3.8) is 0 Å². The molecule has 0 unspecified atom stereocenters. The van der Waals surface area contributed by atoms with Gasteiger partial charge in [0.1, 0.15) is 0 Å². The molecule has 0 spiro atoms. The number of nitrogens with zero attached hydrogens (tertiary/aromatic N) is 1. The average Bonchev–Trinajstić information content (AvgIpc) is 2.87. The average molecular weight is 383 g/mol. The van der Waals surface area contributed by atoms with Crippen LogP contribution in [0.5, 0.6) is 0 Å². The summed E-state index contributed by atoms with van der Waals surface area (Å²) < 4.78 is 33.2. The maximum atomic E-state index is 12.9. The van der Waals surface area contributed by atoms with E-state index in [0.29, 0.717) is 24.1 Å². The van der Waals surface area contributed by atoms with Crippen LogP contribution in [0, 0.1) is 0 Å². The van der Waals surface area contributed by atoms with Crippen LogP contribution in [0.25, 0.3) is 10.9 Å². The van der Waals surface area contributed by atoms with Crippen molar-refractivity contribution in [3.8, 4) is 0 Å². The fourth-order valence-electron chi connectivity index (χ4n) is 2.51.